The first-order valence-corrected chi connectivity index (χ1v) is 5.99. The van der Waals surface area contributed by atoms with Crippen molar-refractivity contribution in [2.75, 3.05) is 6.54 Å². The van der Waals surface area contributed by atoms with Gasteiger partial charge in [0.25, 0.3) is 0 Å². The summed E-state index contributed by atoms with van der Waals surface area (Å²) in [6.45, 7) is 1.90. The van der Waals surface area contributed by atoms with Gasteiger partial charge in [0.05, 0.1) is 13.1 Å². The molecule has 4 nitrogen and oxygen atoms in total. The van der Waals surface area contributed by atoms with Crippen LogP contribution in [0.25, 0.3) is 0 Å². The highest BCUT2D eigenvalue weighted by Gasteiger charge is 2.03. The van der Waals surface area contributed by atoms with E-state index in [1.165, 1.54) is 6.92 Å². The Labute approximate surface area is 100 Å². The van der Waals surface area contributed by atoms with Crippen molar-refractivity contribution in [1.29, 1.82) is 0 Å². The number of hydrogen-bond acceptors (Lipinski definition) is 3. The summed E-state index contributed by atoms with van der Waals surface area (Å²) in [6, 6.07) is 1.95. The van der Waals surface area contributed by atoms with Gasteiger partial charge in [-0.3, -0.25) is 9.59 Å². The molecule has 1 aromatic heterocycles. The number of thiophene rings is 1. The molecule has 6 heteroatoms. The van der Waals surface area contributed by atoms with Crippen LogP contribution in [0.15, 0.2) is 15.9 Å². The lowest BCUT2D eigenvalue weighted by molar-refractivity contribution is -0.125. The minimum Gasteiger partial charge on any atom is -0.350 e. The van der Waals surface area contributed by atoms with Gasteiger partial charge in [-0.1, -0.05) is 0 Å². The van der Waals surface area contributed by atoms with E-state index in [1.807, 2.05) is 11.4 Å². The molecule has 0 radical (unpaired) electrons. The fraction of sp³-hybridized carbons (Fsp3) is 0.333. The van der Waals surface area contributed by atoms with E-state index in [9.17, 15) is 9.59 Å². The molecule has 1 rings (SSSR count). The van der Waals surface area contributed by atoms with Gasteiger partial charge in [-0.2, -0.15) is 0 Å². The number of carbonyl (C=O) groups is 2. The van der Waals surface area contributed by atoms with Gasteiger partial charge in [-0.25, -0.2) is 0 Å². The van der Waals surface area contributed by atoms with Crippen LogP contribution in [0.5, 0.6) is 0 Å². The van der Waals surface area contributed by atoms with E-state index in [2.05, 4.69) is 26.6 Å². The highest BCUT2D eigenvalue weighted by molar-refractivity contribution is 9.10. The Kier molecular flexibility index (Phi) is 4.77. The average molecular weight is 291 g/mol. The maximum absolute atomic E-state index is 11.2. The monoisotopic (exact) mass is 290 g/mol. The number of carbonyl (C=O) groups excluding carboxylic acids is 2. The predicted molar refractivity (Wildman–Crippen MR) is 62.5 cm³/mol. The van der Waals surface area contributed by atoms with Crippen molar-refractivity contribution < 1.29 is 9.59 Å². The molecular formula is C9H11BrN2O2S. The second kappa shape index (κ2) is 5.87. The van der Waals surface area contributed by atoms with Gasteiger partial charge < -0.3 is 10.6 Å². The van der Waals surface area contributed by atoms with Gasteiger partial charge in [0, 0.05) is 21.7 Å². The molecule has 0 aliphatic carbocycles. The van der Waals surface area contributed by atoms with Crippen LogP contribution in [0.2, 0.25) is 0 Å². The third-order valence-corrected chi connectivity index (χ3v) is 3.28. The van der Waals surface area contributed by atoms with Crippen LogP contribution in [-0.2, 0) is 16.1 Å². The standard InChI is InChI=1S/C9H11BrN2O2S/c1-6(13)11-4-9(14)12-3-8-2-7(10)5-15-8/h2,5H,3-4H2,1H3,(H,11,13)(H,12,14). The second-order valence-corrected chi connectivity index (χ2v) is 4.83. The van der Waals surface area contributed by atoms with Crippen molar-refractivity contribution in [2.24, 2.45) is 0 Å². The quantitative estimate of drug-likeness (QED) is 0.877. The lowest BCUT2D eigenvalue weighted by Gasteiger charge is -2.03. The van der Waals surface area contributed by atoms with Gasteiger partial charge in [0.1, 0.15) is 0 Å². The SMILES string of the molecule is CC(=O)NCC(=O)NCc1cc(Br)cs1. The molecule has 82 valence electrons. The third kappa shape index (κ3) is 4.94. The Hall–Kier alpha value is -0.880. The molecular weight excluding hydrogens is 280 g/mol. The summed E-state index contributed by atoms with van der Waals surface area (Å²) in [5.41, 5.74) is 0. The van der Waals surface area contributed by atoms with Crippen molar-refractivity contribution in [3.8, 4) is 0 Å². The zero-order valence-corrected chi connectivity index (χ0v) is 10.6. The van der Waals surface area contributed by atoms with E-state index < -0.39 is 0 Å². The summed E-state index contributed by atoms with van der Waals surface area (Å²) in [6.07, 6.45) is 0. The Morgan fingerprint density at radius 2 is 2.20 bits per heavy atom. The fourth-order valence-corrected chi connectivity index (χ4v) is 2.29. The van der Waals surface area contributed by atoms with Crippen LogP contribution >= 0.6 is 27.3 Å². The molecule has 0 bridgehead atoms. The third-order valence-electron chi connectivity index (χ3n) is 1.58. The summed E-state index contributed by atoms with van der Waals surface area (Å²) in [5.74, 6) is -0.390. The number of amides is 2. The van der Waals surface area contributed by atoms with Crippen LogP contribution in [0.3, 0.4) is 0 Å². The largest absolute Gasteiger partial charge is 0.350 e. The highest BCUT2D eigenvalue weighted by Crippen LogP contribution is 2.19. The highest BCUT2D eigenvalue weighted by atomic mass is 79.9. The molecule has 15 heavy (non-hydrogen) atoms. The van der Waals surface area contributed by atoms with Crippen molar-refractivity contribution >= 4 is 39.1 Å². The number of nitrogens with one attached hydrogen (secondary N) is 2. The molecule has 0 atom stereocenters. The molecule has 0 aliphatic rings. The summed E-state index contributed by atoms with van der Waals surface area (Å²) >= 11 is 4.90. The Bertz CT molecular complexity index is 365. The molecule has 0 aromatic carbocycles. The van der Waals surface area contributed by atoms with E-state index in [-0.39, 0.29) is 18.4 Å². The van der Waals surface area contributed by atoms with Crippen molar-refractivity contribution in [3.05, 3.63) is 20.8 Å². The first kappa shape index (κ1) is 12.2. The minimum atomic E-state index is -0.205. The van der Waals surface area contributed by atoms with Crippen LogP contribution in [-0.4, -0.2) is 18.4 Å². The van der Waals surface area contributed by atoms with Crippen LogP contribution in [0, 0.1) is 0 Å². The maximum Gasteiger partial charge on any atom is 0.239 e. The van der Waals surface area contributed by atoms with Gasteiger partial charge in [0.15, 0.2) is 0 Å². The molecule has 1 aromatic rings. The maximum atomic E-state index is 11.2. The van der Waals surface area contributed by atoms with E-state index in [4.69, 9.17) is 0 Å². The molecule has 0 unspecified atom stereocenters. The van der Waals surface area contributed by atoms with Crippen molar-refractivity contribution in [2.45, 2.75) is 13.5 Å². The van der Waals surface area contributed by atoms with Crippen molar-refractivity contribution in [1.82, 2.24) is 10.6 Å². The van der Waals surface area contributed by atoms with Gasteiger partial charge in [-0.05, 0) is 22.0 Å². The number of halogens is 1. The van der Waals surface area contributed by atoms with Gasteiger partial charge in [-0.15, -0.1) is 11.3 Å². The van der Waals surface area contributed by atoms with E-state index >= 15 is 0 Å². The molecule has 0 saturated heterocycles. The summed E-state index contributed by atoms with van der Waals surface area (Å²) in [4.78, 5) is 22.8. The molecule has 1 heterocycles. The van der Waals surface area contributed by atoms with E-state index in [0.717, 1.165) is 9.35 Å². The van der Waals surface area contributed by atoms with Crippen molar-refractivity contribution in [3.63, 3.8) is 0 Å². The Balaban J connectivity index is 2.25. The first-order chi connectivity index (χ1) is 7.08. The van der Waals surface area contributed by atoms with Crippen LogP contribution in [0.4, 0.5) is 0 Å². The summed E-state index contributed by atoms with van der Waals surface area (Å²) < 4.78 is 1.01. The number of rotatable bonds is 4. The lowest BCUT2D eigenvalue weighted by Crippen LogP contribution is -2.35. The average Bonchev–Trinajstić information content (AvgIpc) is 2.58. The first-order valence-electron chi connectivity index (χ1n) is 4.32. The van der Waals surface area contributed by atoms with Crippen LogP contribution < -0.4 is 10.6 Å². The molecule has 0 aliphatic heterocycles. The lowest BCUT2D eigenvalue weighted by atomic mass is 10.4. The Morgan fingerprint density at radius 3 is 2.73 bits per heavy atom. The summed E-state index contributed by atoms with van der Waals surface area (Å²) in [7, 11) is 0. The van der Waals surface area contributed by atoms with E-state index in [1.54, 1.807) is 11.3 Å². The molecule has 0 spiro atoms. The zero-order chi connectivity index (χ0) is 11.3. The molecule has 2 amide bonds. The van der Waals surface area contributed by atoms with Crippen LogP contribution in [0.1, 0.15) is 11.8 Å². The fourth-order valence-electron chi connectivity index (χ4n) is 0.899. The summed E-state index contributed by atoms with van der Waals surface area (Å²) in [5, 5.41) is 7.09. The molecule has 2 N–H and O–H groups in total. The zero-order valence-electron chi connectivity index (χ0n) is 8.17. The topological polar surface area (TPSA) is 58.2 Å². The smallest absolute Gasteiger partial charge is 0.239 e. The predicted octanol–water partition coefficient (Wildman–Crippen LogP) is 1.26. The van der Waals surface area contributed by atoms with E-state index in [0.29, 0.717) is 6.54 Å². The minimum absolute atomic E-state index is 0.0296. The number of hydrogen-bond donors (Lipinski definition) is 2. The van der Waals surface area contributed by atoms with Gasteiger partial charge in [0.2, 0.25) is 11.8 Å². The molecule has 0 saturated carbocycles. The normalized spacial score (nSPS) is 9.73. The second-order valence-electron chi connectivity index (χ2n) is 2.92. The Morgan fingerprint density at radius 1 is 1.47 bits per heavy atom. The molecule has 0 fully saturated rings. The van der Waals surface area contributed by atoms with Gasteiger partial charge >= 0.3 is 0 Å².